The van der Waals surface area contributed by atoms with Crippen LogP contribution in [-0.2, 0) is 6.54 Å². The topological polar surface area (TPSA) is 43.8 Å². The molecule has 2 aromatic rings. The molecule has 0 radical (unpaired) electrons. The zero-order valence-electron chi connectivity index (χ0n) is 9.15. The number of hydrogen-bond donors (Lipinski definition) is 1. The first-order valence-corrected chi connectivity index (χ1v) is 5.57. The third-order valence-corrected chi connectivity index (χ3v) is 2.96. The van der Waals surface area contributed by atoms with Crippen molar-refractivity contribution in [1.29, 1.82) is 0 Å². The largest absolute Gasteiger partial charge is 0.329 e. The first-order valence-electron chi connectivity index (χ1n) is 5.19. The average molecular weight is 236 g/mol. The highest BCUT2D eigenvalue weighted by molar-refractivity contribution is 6.31. The van der Waals surface area contributed by atoms with Crippen LogP contribution in [0.25, 0.3) is 11.3 Å². The van der Waals surface area contributed by atoms with Gasteiger partial charge in [0.1, 0.15) is 0 Å². The van der Waals surface area contributed by atoms with Gasteiger partial charge in [0.25, 0.3) is 0 Å². The van der Waals surface area contributed by atoms with Crippen LogP contribution in [-0.4, -0.2) is 16.1 Å². The zero-order chi connectivity index (χ0) is 11.5. The molecular formula is C12H14ClN3. The van der Waals surface area contributed by atoms with E-state index in [0.29, 0.717) is 6.54 Å². The van der Waals surface area contributed by atoms with Gasteiger partial charge in [-0.2, -0.15) is 0 Å². The summed E-state index contributed by atoms with van der Waals surface area (Å²) in [6.07, 6.45) is 3.62. The molecule has 1 heterocycles. The van der Waals surface area contributed by atoms with Crippen molar-refractivity contribution in [2.45, 2.75) is 13.5 Å². The number of nitrogens with two attached hydrogens (primary N) is 1. The molecule has 4 heteroatoms. The van der Waals surface area contributed by atoms with Crippen LogP contribution in [0.15, 0.2) is 30.7 Å². The normalized spacial score (nSPS) is 10.7. The van der Waals surface area contributed by atoms with Crippen LogP contribution in [0.4, 0.5) is 0 Å². The predicted molar refractivity (Wildman–Crippen MR) is 66.5 cm³/mol. The van der Waals surface area contributed by atoms with E-state index >= 15 is 0 Å². The third-order valence-electron chi connectivity index (χ3n) is 2.55. The molecule has 16 heavy (non-hydrogen) atoms. The summed E-state index contributed by atoms with van der Waals surface area (Å²) >= 11 is 6.11. The number of imidazole rings is 1. The van der Waals surface area contributed by atoms with Crippen LogP contribution in [0.5, 0.6) is 0 Å². The molecule has 0 saturated heterocycles. The predicted octanol–water partition coefficient (Wildman–Crippen LogP) is 2.47. The molecule has 2 rings (SSSR count). The summed E-state index contributed by atoms with van der Waals surface area (Å²) in [5.74, 6) is 0. The van der Waals surface area contributed by atoms with E-state index in [2.05, 4.69) is 4.98 Å². The molecule has 0 aliphatic rings. The van der Waals surface area contributed by atoms with E-state index in [9.17, 15) is 0 Å². The van der Waals surface area contributed by atoms with Crippen molar-refractivity contribution in [3.05, 3.63) is 41.3 Å². The molecule has 0 amide bonds. The number of halogens is 1. The van der Waals surface area contributed by atoms with E-state index in [4.69, 9.17) is 17.3 Å². The number of benzene rings is 1. The minimum Gasteiger partial charge on any atom is -0.329 e. The minimum atomic E-state index is 0.600. The Kier molecular flexibility index (Phi) is 3.27. The van der Waals surface area contributed by atoms with Gasteiger partial charge in [-0.1, -0.05) is 23.7 Å². The van der Waals surface area contributed by atoms with E-state index in [-0.39, 0.29) is 0 Å². The third kappa shape index (κ3) is 2.10. The highest BCUT2D eigenvalue weighted by Crippen LogP contribution is 2.24. The average Bonchev–Trinajstić information content (AvgIpc) is 2.71. The van der Waals surface area contributed by atoms with Crippen LogP contribution in [0, 0.1) is 6.92 Å². The van der Waals surface area contributed by atoms with E-state index in [1.165, 1.54) is 0 Å². The number of hydrogen-bond acceptors (Lipinski definition) is 2. The van der Waals surface area contributed by atoms with Crippen molar-refractivity contribution in [1.82, 2.24) is 9.55 Å². The van der Waals surface area contributed by atoms with Gasteiger partial charge in [0, 0.05) is 23.7 Å². The summed E-state index contributed by atoms with van der Waals surface area (Å²) < 4.78 is 2.03. The molecule has 0 spiro atoms. The summed E-state index contributed by atoms with van der Waals surface area (Å²) in [6.45, 7) is 3.35. The lowest BCUT2D eigenvalue weighted by Crippen LogP contribution is -2.09. The Morgan fingerprint density at radius 3 is 2.94 bits per heavy atom. The first kappa shape index (κ1) is 11.2. The number of nitrogens with zero attached hydrogens (tertiary/aromatic N) is 2. The first-order chi connectivity index (χ1) is 7.72. The lowest BCUT2D eigenvalue weighted by atomic mass is 10.1. The van der Waals surface area contributed by atoms with Gasteiger partial charge in [0.2, 0.25) is 0 Å². The van der Waals surface area contributed by atoms with Gasteiger partial charge in [-0.25, -0.2) is 4.98 Å². The highest BCUT2D eigenvalue weighted by atomic mass is 35.5. The molecule has 0 saturated carbocycles. The second kappa shape index (κ2) is 4.68. The Balaban J connectivity index is 2.42. The van der Waals surface area contributed by atoms with Gasteiger partial charge < -0.3 is 10.3 Å². The van der Waals surface area contributed by atoms with Gasteiger partial charge in [0.05, 0.1) is 18.2 Å². The molecule has 84 valence electrons. The van der Waals surface area contributed by atoms with Gasteiger partial charge in [0.15, 0.2) is 0 Å². The molecule has 0 aliphatic heterocycles. The smallest absolute Gasteiger partial charge is 0.0951 e. The maximum atomic E-state index is 6.11. The zero-order valence-corrected chi connectivity index (χ0v) is 9.91. The molecule has 0 unspecified atom stereocenters. The van der Waals surface area contributed by atoms with Gasteiger partial charge in [-0.15, -0.1) is 0 Å². The van der Waals surface area contributed by atoms with Crippen molar-refractivity contribution in [3.63, 3.8) is 0 Å². The molecule has 2 N–H and O–H groups in total. The van der Waals surface area contributed by atoms with Crippen molar-refractivity contribution in [3.8, 4) is 11.3 Å². The molecule has 0 fully saturated rings. The molecule has 0 atom stereocenters. The van der Waals surface area contributed by atoms with Crippen molar-refractivity contribution < 1.29 is 0 Å². The standard InChI is InChI=1S/C12H14ClN3/c1-9-2-3-10(6-11(9)13)12-7-15-8-16(12)5-4-14/h2-3,6-8H,4-5,14H2,1H3. The molecule has 0 aliphatic carbocycles. The Morgan fingerprint density at radius 2 is 2.25 bits per heavy atom. The SMILES string of the molecule is Cc1ccc(-c2cncn2CCN)cc1Cl. The van der Waals surface area contributed by atoms with E-state index in [0.717, 1.165) is 28.4 Å². The number of aryl methyl sites for hydroxylation is 1. The lowest BCUT2D eigenvalue weighted by molar-refractivity contribution is 0.714. The maximum Gasteiger partial charge on any atom is 0.0951 e. The van der Waals surface area contributed by atoms with E-state index < -0.39 is 0 Å². The summed E-state index contributed by atoms with van der Waals surface area (Å²) in [5, 5.41) is 0.776. The van der Waals surface area contributed by atoms with E-state index in [1.54, 1.807) is 6.33 Å². The minimum absolute atomic E-state index is 0.600. The fourth-order valence-corrected chi connectivity index (χ4v) is 1.81. The lowest BCUT2D eigenvalue weighted by Gasteiger charge is -2.07. The Morgan fingerprint density at radius 1 is 1.44 bits per heavy atom. The molecular weight excluding hydrogens is 222 g/mol. The quantitative estimate of drug-likeness (QED) is 0.888. The van der Waals surface area contributed by atoms with Crippen molar-refractivity contribution in [2.75, 3.05) is 6.54 Å². The fraction of sp³-hybridized carbons (Fsp3) is 0.250. The Labute approximate surface area is 99.9 Å². The Bertz CT molecular complexity index is 491. The van der Waals surface area contributed by atoms with Gasteiger partial charge in [-0.3, -0.25) is 0 Å². The number of aromatic nitrogens is 2. The van der Waals surface area contributed by atoms with Crippen molar-refractivity contribution >= 4 is 11.6 Å². The molecule has 1 aromatic heterocycles. The maximum absolute atomic E-state index is 6.11. The van der Waals surface area contributed by atoms with Crippen LogP contribution >= 0.6 is 11.6 Å². The van der Waals surface area contributed by atoms with Gasteiger partial charge >= 0.3 is 0 Å². The number of rotatable bonds is 3. The fourth-order valence-electron chi connectivity index (χ4n) is 1.63. The monoisotopic (exact) mass is 235 g/mol. The van der Waals surface area contributed by atoms with Crippen LogP contribution < -0.4 is 5.73 Å². The van der Waals surface area contributed by atoms with Crippen LogP contribution in [0.1, 0.15) is 5.56 Å². The van der Waals surface area contributed by atoms with Crippen LogP contribution in [0.2, 0.25) is 5.02 Å². The van der Waals surface area contributed by atoms with E-state index in [1.807, 2.05) is 35.9 Å². The molecule has 3 nitrogen and oxygen atoms in total. The molecule has 1 aromatic carbocycles. The summed E-state index contributed by atoms with van der Waals surface area (Å²) in [5.41, 5.74) is 8.74. The van der Waals surface area contributed by atoms with Crippen LogP contribution in [0.3, 0.4) is 0 Å². The summed E-state index contributed by atoms with van der Waals surface area (Å²) in [6, 6.07) is 6.02. The van der Waals surface area contributed by atoms with Gasteiger partial charge in [-0.05, 0) is 18.6 Å². The summed E-state index contributed by atoms with van der Waals surface area (Å²) in [4.78, 5) is 4.13. The van der Waals surface area contributed by atoms with Crippen molar-refractivity contribution in [2.24, 2.45) is 5.73 Å². The Hall–Kier alpha value is -1.32. The summed E-state index contributed by atoms with van der Waals surface area (Å²) in [7, 11) is 0. The highest BCUT2D eigenvalue weighted by Gasteiger charge is 2.05. The second-order valence-electron chi connectivity index (χ2n) is 3.72. The second-order valence-corrected chi connectivity index (χ2v) is 4.13. The molecule has 0 bridgehead atoms.